The molecule has 0 aliphatic rings. The van der Waals surface area contributed by atoms with Crippen LogP contribution in [0.4, 0.5) is 0 Å². The number of ether oxygens (including phenoxy) is 3. The molecule has 25 heavy (non-hydrogen) atoms. The third kappa shape index (κ3) is 4.36. The van der Waals surface area contributed by atoms with Gasteiger partial charge in [-0.1, -0.05) is 22.9 Å². The fraction of sp³-hybridized carbons (Fsp3) is 0.368. The van der Waals surface area contributed by atoms with Gasteiger partial charge < -0.3 is 14.2 Å². The molecular formula is C19H23BrO4S. The van der Waals surface area contributed by atoms with E-state index in [2.05, 4.69) is 22.9 Å². The average molecular weight is 427 g/mol. The van der Waals surface area contributed by atoms with Gasteiger partial charge in [-0.25, -0.2) is 0 Å². The van der Waals surface area contributed by atoms with E-state index in [1.165, 1.54) is 0 Å². The molecule has 0 radical (unpaired) electrons. The molecule has 1 atom stereocenters. The minimum atomic E-state index is -1.18. The van der Waals surface area contributed by atoms with Crippen molar-refractivity contribution in [1.82, 2.24) is 0 Å². The molecule has 4 nitrogen and oxygen atoms in total. The maximum atomic E-state index is 13.0. The molecule has 2 aromatic carbocycles. The quantitative estimate of drug-likeness (QED) is 0.645. The number of hydrogen-bond donors (Lipinski definition) is 0. The first-order chi connectivity index (χ1) is 11.9. The third-order valence-electron chi connectivity index (χ3n) is 4.04. The minimum Gasteiger partial charge on any atom is -0.496 e. The zero-order valence-corrected chi connectivity index (χ0v) is 17.5. The number of aryl methyl sites for hydroxylation is 2. The fourth-order valence-electron chi connectivity index (χ4n) is 2.64. The zero-order chi connectivity index (χ0) is 18.6. The highest BCUT2D eigenvalue weighted by Gasteiger charge is 2.16. The summed E-state index contributed by atoms with van der Waals surface area (Å²) in [5.41, 5.74) is 2.93. The Morgan fingerprint density at radius 3 is 2.08 bits per heavy atom. The predicted octanol–water partition coefficient (Wildman–Crippen LogP) is 4.65. The van der Waals surface area contributed by atoms with Crippen molar-refractivity contribution in [1.29, 1.82) is 0 Å². The molecule has 0 N–H and O–H groups in total. The first-order valence-electron chi connectivity index (χ1n) is 7.91. The van der Waals surface area contributed by atoms with Crippen LogP contribution < -0.4 is 14.2 Å². The molecular weight excluding hydrogens is 404 g/mol. The van der Waals surface area contributed by atoms with E-state index in [1.54, 1.807) is 21.3 Å². The zero-order valence-electron chi connectivity index (χ0n) is 15.1. The number of benzene rings is 2. The minimum absolute atomic E-state index is 0.386. The highest BCUT2D eigenvalue weighted by Crippen LogP contribution is 2.35. The summed E-state index contributed by atoms with van der Waals surface area (Å²) in [6, 6.07) is 7.64. The molecule has 0 saturated heterocycles. The summed E-state index contributed by atoms with van der Waals surface area (Å²) in [6.45, 7) is 4.02. The monoisotopic (exact) mass is 426 g/mol. The van der Waals surface area contributed by atoms with Crippen LogP contribution in [0.2, 0.25) is 0 Å². The van der Waals surface area contributed by atoms with Gasteiger partial charge >= 0.3 is 0 Å². The molecule has 2 aromatic rings. The standard InChI is InChI=1S/C19H23BrO4S/c1-6-13-9-19(12(2)7-16(13)22-3)25(21)11-14-8-17(23-4)18(24-5)10-15(14)20/h7-10H,6,11H2,1-5H3. The van der Waals surface area contributed by atoms with Crippen LogP contribution in [0.3, 0.4) is 0 Å². The van der Waals surface area contributed by atoms with Crippen molar-refractivity contribution in [3.05, 3.63) is 45.4 Å². The molecule has 0 fully saturated rings. The van der Waals surface area contributed by atoms with Gasteiger partial charge in [0.2, 0.25) is 0 Å². The van der Waals surface area contributed by atoms with Gasteiger partial charge in [0.1, 0.15) is 5.75 Å². The van der Waals surface area contributed by atoms with Gasteiger partial charge in [-0.2, -0.15) is 0 Å². The second kappa shape index (κ2) is 8.72. The molecule has 0 heterocycles. The van der Waals surface area contributed by atoms with Crippen LogP contribution in [-0.2, 0) is 23.0 Å². The number of methoxy groups -OCH3 is 3. The maximum absolute atomic E-state index is 13.0. The molecule has 0 saturated carbocycles. The molecule has 0 aliphatic heterocycles. The van der Waals surface area contributed by atoms with Crippen molar-refractivity contribution >= 4 is 26.7 Å². The molecule has 6 heteroatoms. The Hall–Kier alpha value is -1.53. The van der Waals surface area contributed by atoms with E-state index in [0.717, 1.165) is 38.2 Å². The van der Waals surface area contributed by atoms with E-state index in [-0.39, 0.29) is 0 Å². The van der Waals surface area contributed by atoms with E-state index in [4.69, 9.17) is 14.2 Å². The van der Waals surface area contributed by atoms with E-state index >= 15 is 0 Å². The van der Waals surface area contributed by atoms with Crippen LogP contribution >= 0.6 is 15.9 Å². The molecule has 0 aliphatic carbocycles. The van der Waals surface area contributed by atoms with Crippen molar-refractivity contribution in [2.75, 3.05) is 21.3 Å². The number of halogens is 1. The van der Waals surface area contributed by atoms with Gasteiger partial charge in [-0.05, 0) is 54.3 Å². The lowest BCUT2D eigenvalue weighted by molar-refractivity contribution is 0.354. The Morgan fingerprint density at radius 2 is 1.52 bits per heavy atom. The van der Waals surface area contributed by atoms with Crippen LogP contribution in [0.1, 0.15) is 23.6 Å². The van der Waals surface area contributed by atoms with Crippen molar-refractivity contribution in [3.63, 3.8) is 0 Å². The smallest absolute Gasteiger partial charge is 0.161 e. The average Bonchev–Trinajstić information content (AvgIpc) is 2.62. The summed E-state index contributed by atoms with van der Waals surface area (Å²) >= 11 is 3.53. The third-order valence-corrected chi connectivity index (χ3v) is 6.29. The van der Waals surface area contributed by atoms with Gasteiger partial charge in [-0.3, -0.25) is 4.21 Å². The molecule has 0 spiro atoms. The molecule has 1 unspecified atom stereocenters. The highest BCUT2D eigenvalue weighted by atomic mass is 79.9. The SMILES string of the molecule is CCc1cc(S(=O)Cc2cc(OC)c(OC)cc2Br)c(C)cc1OC. The molecule has 0 amide bonds. The van der Waals surface area contributed by atoms with Crippen LogP contribution in [-0.4, -0.2) is 25.5 Å². The van der Waals surface area contributed by atoms with Crippen molar-refractivity contribution in [2.45, 2.75) is 30.9 Å². The highest BCUT2D eigenvalue weighted by molar-refractivity contribution is 9.10. The summed E-state index contributed by atoms with van der Waals surface area (Å²) in [5.74, 6) is 2.49. The fourth-order valence-corrected chi connectivity index (χ4v) is 4.66. The van der Waals surface area contributed by atoms with E-state index in [0.29, 0.717) is 17.3 Å². The molecule has 0 aromatic heterocycles. The summed E-state index contributed by atoms with van der Waals surface area (Å²) in [5, 5.41) is 0. The lowest BCUT2D eigenvalue weighted by atomic mass is 10.1. The summed E-state index contributed by atoms with van der Waals surface area (Å²) in [6.07, 6.45) is 0.827. The van der Waals surface area contributed by atoms with Gasteiger partial charge in [-0.15, -0.1) is 0 Å². The molecule has 2 rings (SSSR count). The van der Waals surface area contributed by atoms with Crippen molar-refractivity contribution < 1.29 is 18.4 Å². The lowest BCUT2D eigenvalue weighted by Crippen LogP contribution is -2.03. The largest absolute Gasteiger partial charge is 0.496 e. The topological polar surface area (TPSA) is 44.8 Å². The lowest BCUT2D eigenvalue weighted by Gasteiger charge is -2.14. The first-order valence-corrected chi connectivity index (χ1v) is 10.0. The van der Waals surface area contributed by atoms with Crippen LogP contribution in [0.25, 0.3) is 0 Å². The number of rotatable bonds is 7. The second-order valence-electron chi connectivity index (χ2n) is 5.57. The molecule has 136 valence electrons. The first kappa shape index (κ1) is 19.8. The maximum Gasteiger partial charge on any atom is 0.161 e. The van der Waals surface area contributed by atoms with E-state index in [1.807, 2.05) is 31.2 Å². The Labute approximate surface area is 160 Å². The molecule has 0 bridgehead atoms. The normalized spacial score (nSPS) is 11.9. The number of hydrogen-bond acceptors (Lipinski definition) is 4. The second-order valence-corrected chi connectivity index (χ2v) is 7.85. The van der Waals surface area contributed by atoms with Gasteiger partial charge in [0.15, 0.2) is 11.5 Å². The van der Waals surface area contributed by atoms with Crippen molar-refractivity contribution in [2.24, 2.45) is 0 Å². The van der Waals surface area contributed by atoms with E-state index in [9.17, 15) is 4.21 Å². The Kier molecular flexibility index (Phi) is 6.90. The Balaban J connectivity index is 2.37. The van der Waals surface area contributed by atoms with Crippen molar-refractivity contribution in [3.8, 4) is 17.2 Å². The predicted molar refractivity (Wildman–Crippen MR) is 104 cm³/mol. The summed E-state index contributed by atoms with van der Waals surface area (Å²) < 4.78 is 29.9. The van der Waals surface area contributed by atoms with Crippen LogP contribution in [0.15, 0.2) is 33.6 Å². The van der Waals surface area contributed by atoms with Gasteiger partial charge in [0.05, 0.1) is 37.9 Å². The Morgan fingerprint density at radius 1 is 0.920 bits per heavy atom. The summed E-state index contributed by atoms with van der Waals surface area (Å²) in [4.78, 5) is 0.833. The van der Waals surface area contributed by atoms with Gasteiger partial charge in [0.25, 0.3) is 0 Å². The van der Waals surface area contributed by atoms with Crippen LogP contribution in [0, 0.1) is 6.92 Å². The Bertz CT molecular complexity index is 789. The van der Waals surface area contributed by atoms with Gasteiger partial charge in [0, 0.05) is 9.37 Å². The van der Waals surface area contributed by atoms with Crippen LogP contribution in [0.5, 0.6) is 17.2 Å². The van der Waals surface area contributed by atoms with E-state index < -0.39 is 10.8 Å². The summed E-state index contributed by atoms with van der Waals surface area (Å²) in [7, 11) is 3.66.